The number of imidazole rings is 1. The molecule has 128 valence electrons. The third-order valence-electron chi connectivity index (χ3n) is 4.83. The molecule has 5 heteroatoms. The molecule has 0 saturated carbocycles. The molecule has 1 aromatic carbocycles. The Morgan fingerprint density at radius 3 is 2.71 bits per heavy atom. The van der Waals surface area contributed by atoms with Gasteiger partial charge in [0.15, 0.2) is 0 Å². The van der Waals surface area contributed by atoms with Crippen LogP contribution in [0.2, 0.25) is 0 Å². The van der Waals surface area contributed by atoms with Crippen LogP contribution in [0.1, 0.15) is 43.5 Å². The van der Waals surface area contributed by atoms with Gasteiger partial charge in [0.05, 0.1) is 12.5 Å². The first-order valence-electron chi connectivity index (χ1n) is 8.83. The number of hydrogen-bond acceptors (Lipinski definition) is 3. The summed E-state index contributed by atoms with van der Waals surface area (Å²) < 4.78 is 0. The number of H-pyrrole nitrogens is 1. The number of aromatic amines is 1. The molecular weight excluding hydrogens is 300 g/mol. The van der Waals surface area contributed by atoms with E-state index in [2.05, 4.69) is 34.3 Å². The van der Waals surface area contributed by atoms with Crippen molar-refractivity contribution in [2.45, 2.75) is 44.7 Å². The summed E-state index contributed by atoms with van der Waals surface area (Å²) in [6.07, 6.45) is 6.45. The summed E-state index contributed by atoms with van der Waals surface area (Å²) >= 11 is 0. The van der Waals surface area contributed by atoms with Crippen molar-refractivity contribution in [3.8, 4) is 0 Å². The van der Waals surface area contributed by atoms with Crippen molar-refractivity contribution in [2.75, 3.05) is 13.1 Å². The Morgan fingerprint density at radius 1 is 1.33 bits per heavy atom. The molecule has 1 aliphatic heterocycles. The van der Waals surface area contributed by atoms with Crippen LogP contribution in [0.3, 0.4) is 0 Å². The molecule has 1 aromatic heterocycles. The molecular formula is C19H26N4O. The number of amides is 1. The number of nitrogens with zero attached hydrogens (tertiary/aromatic N) is 2. The van der Waals surface area contributed by atoms with Crippen LogP contribution < -0.4 is 5.32 Å². The molecule has 24 heavy (non-hydrogen) atoms. The Hall–Kier alpha value is -2.14. The van der Waals surface area contributed by atoms with Crippen molar-refractivity contribution in [1.82, 2.24) is 20.2 Å². The van der Waals surface area contributed by atoms with E-state index in [9.17, 15) is 4.79 Å². The van der Waals surface area contributed by atoms with Gasteiger partial charge < -0.3 is 15.2 Å². The largest absolute Gasteiger partial charge is 0.348 e. The fraction of sp³-hybridized carbons (Fsp3) is 0.474. The number of aromatic nitrogens is 2. The van der Waals surface area contributed by atoms with Gasteiger partial charge in [-0.2, -0.15) is 0 Å². The molecule has 1 saturated heterocycles. The SMILES string of the molecule is CC[C@@H](C(=O)N1CCC(NCc2ncc[nH]2)CC1)c1ccccc1. The second-order valence-electron chi connectivity index (χ2n) is 6.39. The highest BCUT2D eigenvalue weighted by molar-refractivity contribution is 5.83. The highest BCUT2D eigenvalue weighted by atomic mass is 16.2. The van der Waals surface area contributed by atoms with Gasteiger partial charge in [0, 0.05) is 31.5 Å². The summed E-state index contributed by atoms with van der Waals surface area (Å²) in [5.74, 6) is 1.22. The molecule has 2 aromatic rings. The second kappa shape index (κ2) is 8.11. The molecule has 1 aliphatic rings. The summed E-state index contributed by atoms with van der Waals surface area (Å²) in [5.41, 5.74) is 1.13. The van der Waals surface area contributed by atoms with Crippen LogP contribution in [-0.2, 0) is 11.3 Å². The molecule has 0 aliphatic carbocycles. The molecule has 2 N–H and O–H groups in total. The van der Waals surface area contributed by atoms with Gasteiger partial charge in [0.2, 0.25) is 5.91 Å². The van der Waals surface area contributed by atoms with E-state index in [0.717, 1.165) is 50.3 Å². The highest BCUT2D eigenvalue weighted by Crippen LogP contribution is 2.24. The Bertz CT molecular complexity index is 618. The zero-order valence-corrected chi connectivity index (χ0v) is 14.2. The average Bonchev–Trinajstić information content (AvgIpc) is 3.15. The molecule has 1 atom stereocenters. The first-order chi connectivity index (χ1) is 11.8. The number of rotatable bonds is 6. The predicted octanol–water partition coefficient (Wildman–Crippen LogP) is 2.68. The number of carbonyl (C=O) groups excluding carboxylic acids is 1. The number of benzene rings is 1. The summed E-state index contributed by atoms with van der Waals surface area (Å²) in [6, 6.07) is 10.6. The number of piperidine rings is 1. The van der Waals surface area contributed by atoms with Gasteiger partial charge >= 0.3 is 0 Å². The first kappa shape index (κ1) is 16.7. The maximum Gasteiger partial charge on any atom is 0.230 e. The van der Waals surface area contributed by atoms with E-state index in [0.29, 0.717) is 6.04 Å². The van der Waals surface area contributed by atoms with Gasteiger partial charge in [-0.05, 0) is 24.8 Å². The predicted molar refractivity (Wildman–Crippen MR) is 94.5 cm³/mol. The number of nitrogens with one attached hydrogen (secondary N) is 2. The van der Waals surface area contributed by atoms with E-state index in [4.69, 9.17) is 0 Å². The van der Waals surface area contributed by atoms with Gasteiger partial charge in [-0.25, -0.2) is 4.98 Å². The van der Waals surface area contributed by atoms with Crippen molar-refractivity contribution in [1.29, 1.82) is 0 Å². The summed E-state index contributed by atoms with van der Waals surface area (Å²) in [5, 5.41) is 3.53. The molecule has 0 bridgehead atoms. The van der Waals surface area contributed by atoms with Crippen LogP contribution in [0.5, 0.6) is 0 Å². The summed E-state index contributed by atoms with van der Waals surface area (Å²) in [7, 11) is 0. The Morgan fingerprint density at radius 2 is 2.08 bits per heavy atom. The lowest BCUT2D eigenvalue weighted by Crippen LogP contribution is -2.46. The van der Waals surface area contributed by atoms with Gasteiger partial charge in [0.1, 0.15) is 5.82 Å². The molecule has 1 amide bonds. The Kier molecular flexibility index (Phi) is 5.64. The molecule has 1 fully saturated rings. The van der Waals surface area contributed by atoms with E-state index in [1.807, 2.05) is 29.3 Å². The fourth-order valence-electron chi connectivity index (χ4n) is 3.40. The average molecular weight is 326 g/mol. The zero-order valence-electron chi connectivity index (χ0n) is 14.2. The van der Waals surface area contributed by atoms with Gasteiger partial charge in [-0.3, -0.25) is 4.79 Å². The molecule has 3 rings (SSSR count). The molecule has 2 heterocycles. The van der Waals surface area contributed by atoms with Crippen molar-refractivity contribution in [2.24, 2.45) is 0 Å². The molecule has 0 unspecified atom stereocenters. The van der Waals surface area contributed by atoms with Crippen molar-refractivity contribution in [3.05, 3.63) is 54.1 Å². The van der Waals surface area contributed by atoms with Gasteiger partial charge in [-0.1, -0.05) is 37.3 Å². The third-order valence-corrected chi connectivity index (χ3v) is 4.83. The van der Waals surface area contributed by atoms with Crippen LogP contribution >= 0.6 is 0 Å². The fourth-order valence-corrected chi connectivity index (χ4v) is 3.40. The summed E-state index contributed by atoms with van der Waals surface area (Å²) in [6.45, 7) is 4.51. The first-order valence-corrected chi connectivity index (χ1v) is 8.83. The highest BCUT2D eigenvalue weighted by Gasteiger charge is 2.28. The number of carbonyl (C=O) groups is 1. The lowest BCUT2D eigenvalue weighted by atomic mass is 9.93. The van der Waals surface area contributed by atoms with Crippen molar-refractivity contribution < 1.29 is 4.79 Å². The van der Waals surface area contributed by atoms with Crippen molar-refractivity contribution in [3.63, 3.8) is 0 Å². The number of likely N-dealkylation sites (tertiary alicyclic amines) is 1. The van der Waals surface area contributed by atoms with Crippen LogP contribution in [0.15, 0.2) is 42.7 Å². The summed E-state index contributed by atoms with van der Waals surface area (Å²) in [4.78, 5) is 22.2. The Balaban J connectivity index is 1.51. The van der Waals surface area contributed by atoms with Crippen LogP contribution in [0.25, 0.3) is 0 Å². The molecule has 0 spiro atoms. The van der Waals surface area contributed by atoms with Crippen LogP contribution in [0.4, 0.5) is 0 Å². The van der Waals surface area contributed by atoms with Gasteiger partial charge in [0.25, 0.3) is 0 Å². The minimum atomic E-state index is -0.0150. The standard InChI is InChI=1S/C19H26N4O/c1-2-17(15-6-4-3-5-7-15)19(24)23-12-8-16(9-13-23)22-14-18-20-10-11-21-18/h3-7,10-11,16-17,22H,2,8-9,12-14H2,1H3,(H,20,21)/t17-/m1/s1. The van der Waals surface area contributed by atoms with E-state index < -0.39 is 0 Å². The molecule has 0 radical (unpaired) electrons. The maximum absolute atomic E-state index is 12.9. The van der Waals surface area contributed by atoms with E-state index in [1.165, 1.54) is 0 Å². The third kappa shape index (κ3) is 4.03. The van der Waals surface area contributed by atoms with Crippen molar-refractivity contribution >= 4 is 5.91 Å². The lowest BCUT2D eigenvalue weighted by molar-refractivity contribution is -0.134. The second-order valence-corrected chi connectivity index (χ2v) is 6.39. The maximum atomic E-state index is 12.9. The van der Waals surface area contributed by atoms with Crippen LogP contribution in [0, 0.1) is 0 Å². The normalized spacial score (nSPS) is 17.0. The van der Waals surface area contributed by atoms with E-state index in [1.54, 1.807) is 6.20 Å². The monoisotopic (exact) mass is 326 g/mol. The van der Waals surface area contributed by atoms with Crippen LogP contribution in [-0.4, -0.2) is 39.9 Å². The zero-order chi connectivity index (χ0) is 16.8. The number of hydrogen-bond donors (Lipinski definition) is 2. The smallest absolute Gasteiger partial charge is 0.230 e. The molecule has 5 nitrogen and oxygen atoms in total. The van der Waals surface area contributed by atoms with E-state index in [-0.39, 0.29) is 11.8 Å². The minimum Gasteiger partial charge on any atom is -0.348 e. The van der Waals surface area contributed by atoms with E-state index >= 15 is 0 Å². The minimum absolute atomic E-state index is 0.0150. The van der Waals surface area contributed by atoms with Gasteiger partial charge in [-0.15, -0.1) is 0 Å². The lowest BCUT2D eigenvalue weighted by Gasteiger charge is -2.34. The topological polar surface area (TPSA) is 61.0 Å². The Labute approximate surface area is 143 Å². The quantitative estimate of drug-likeness (QED) is 0.858.